The Morgan fingerprint density at radius 1 is 1.24 bits per heavy atom. The maximum Gasteiger partial charge on any atom is 0.196 e. The van der Waals surface area contributed by atoms with Gasteiger partial charge in [-0.25, -0.2) is 4.98 Å². The second-order valence-corrected chi connectivity index (χ2v) is 5.90. The summed E-state index contributed by atoms with van der Waals surface area (Å²) in [5.74, 6) is 0.511. The number of benzene rings is 1. The van der Waals surface area contributed by atoms with E-state index in [9.17, 15) is 0 Å². The number of imidazole rings is 1. The Morgan fingerprint density at radius 2 is 2.05 bits per heavy atom. The molecule has 2 N–H and O–H groups in total. The molecule has 5 nitrogen and oxygen atoms in total. The molecule has 4 rings (SSSR count). The SMILES string of the molecule is NC1=NCC(c2cncn2C2CC2)N1c1ccccc1Cl. The summed E-state index contributed by atoms with van der Waals surface area (Å²) >= 11 is 6.34. The molecule has 0 bridgehead atoms. The molecule has 2 aromatic rings. The van der Waals surface area contributed by atoms with Gasteiger partial charge in [0, 0.05) is 6.04 Å². The molecule has 2 aliphatic rings. The third kappa shape index (κ3) is 2.08. The molecular formula is C15H16ClN5. The van der Waals surface area contributed by atoms with Gasteiger partial charge in [-0.3, -0.25) is 4.99 Å². The number of aliphatic imine (C=N–C) groups is 1. The van der Waals surface area contributed by atoms with Crippen LogP contribution < -0.4 is 10.6 Å². The number of para-hydroxylation sites is 1. The van der Waals surface area contributed by atoms with Crippen molar-refractivity contribution < 1.29 is 0 Å². The van der Waals surface area contributed by atoms with Gasteiger partial charge in [-0.05, 0) is 25.0 Å². The van der Waals surface area contributed by atoms with E-state index in [1.807, 2.05) is 41.7 Å². The molecule has 2 heterocycles. The number of guanidine groups is 1. The Bertz CT molecular complexity index is 704. The molecule has 1 atom stereocenters. The van der Waals surface area contributed by atoms with Crippen LogP contribution in [-0.2, 0) is 0 Å². The summed E-state index contributed by atoms with van der Waals surface area (Å²) in [7, 11) is 0. The lowest BCUT2D eigenvalue weighted by Crippen LogP contribution is -2.37. The normalized spacial score (nSPS) is 21.7. The number of nitrogens with two attached hydrogens (primary N) is 1. The lowest BCUT2D eigenvalue weighted by Gasteiger charge is -2.27. The number of aromatic nitrogens is 2. The zero-order valence-electron chi connectivity index (χ0n) is 11.5. The third-order valence-electron chi connectivity index (χ3n) is 4.07. The first-order chi connectivity index (χ1) is 10.3. The highest BCUT2D eigenvalue weighted by atomic mass is 35.5. The van der Waals surface area contributed by atoms with E-state index < -0.39 is 0 Å². The van der Waals surface area contributed by atoms with Crippen LogP contribution in [0.5, 0.6) is 0 Å². The molecule has 1 aromatic heterocycles. The predicted octanol–water partition coefficient (Wildman–Crippen LogP) is 2.75. The van der Waals surface area contributed by atoms with E-state index in [1.165, 1.54) is 12.8 Å². The van der Waals surface area contributed by atoms with Gasteiger partial charge in [0.1, 0.15) is 0 Å². The molecule has 1 aliphatic heterocycles. The third-order valence-corrected chi connectivity index (χ3v) is 4.39. The average molecular weight is 302 g/mol. The van der Waals surface area contributed by atoms with Gasteiger partial charge in [-0.1, -0.05) is 23.7 Å². The fraction of sp³-hybridized carbons (Fsp3) is 0.333. The summed E-state index contributed by atoms with van der Waals surface area (Å²) in [5, 5.41) is 0.681. The van der Waals surface area contributed by atoms with Crippen molar-refractivity contribution in [3.8, 4) is 0 Å². The number of rotatable bonds is 3. The first-order valence-corrected chi connectivity index (χ1v) is 7.49. The first-order valence-electron chi connectivity index (χ1n) is 7.11. The van der Waals surface area contributed by atoms with E-state index >= 15 is 0 Å². The van der Waals surface area contributed by atoms with E-state index in [1.54, 1.807) is 0 Å². The molecule has 1 saturated carbocycles. The van der Waals surface area contributed by atoms with E-state index in [0.717, 1.165) is 11.4 Å². The monoisotopic (exact) mass is 301 g/mol. The number of hydrogen-bond donors (Lipinski definition) is 1. The topological polar surface area (TPSA) is 59.4 Å². The van der Waals surface area contributed by atoms with Crippen molar-refractivity contribution in [2.75, 3.05) is 11.4 Å². The summed E-state index contributed by atoms with van der Waals surface area (Å²) in [6, 6.07) is 8.37. The summed E-state index contributed by atoms with van der Waals surface area (Å²) in [6.07, 6.45) is 6.27. The highest BCUT2D eigenvalue weighted by Crippen LogP contribution is 2.40. The minimum absolute atomic E-state index is 0.0630. The van der Waals surface area contributed by atoms with E-state index in [0.29, 0.717) is 23.6 Å². The Kier molecular flexibility index (Phi) is 2.89. The van der Waals surface area contributed by atoms with Crippen LogP contribution >= 0.6 is 11.6 Å². The molecule has 1 unspecified atom stereocenters. The van der Waals surface area contributed by atoms with Crippen LogP contribution in [0.2, 0.25) is 5.02 Å². The van der Waals surface area contributed by atoms with E-state index in [-0.39, 0.29) is 6.04 Å². The summed E-state index contributed by atoms with van der Waals surface area (Å²) in [6.45, 7) is 0.634. The minimum Gasteiger partial charge on any atom is -0.369 e. The maximum atomic E-state index is 6.34. The smallest absolute Gasteiger partial charge is 0.196 e. The van der Waals surface area contributed by atoms with Crippen molar-refractivity contribution in [1.82, 2.24) is 9.55 Å². The zero-order chi connectivity index (χ0) is 14.4. The van der Waals surface area contributed by atoms with Crippen molar-refractivity contribution in [2.45, 2.75) is 24.9 Å². The molecule has 0 amide bonds. The Labute approximate surface area is 128 Å². The second kappa shape index (κ2) is 4.77. The van der Waals surface area contributed by atoms with Crippen molar-refractivity contribution in [3.05, 3.63) is 47.5 Å². The van der Waals surface area contributed by atoms with E-state index in [4.69, 9.17) is 17.3 Å². The minimum atomic E-state index is 0.0630. The summed E-state index contributed by atoms with van der Waals surface area (Å²) in [4.78, 5) is 10.7. The van der Waals surface area contributed by atoms with Crippen molar-refractivity contribution >= 4 is 23.2 Å². The molecule has 6 heteroatoms. The molecule has 0 saturated heterocycles. The van der Waals surface area contributed by atoms with E-state index in [2.05, 4.69) is 14.5 Å². The number of halogens is 1. The first kappa shape index (κ1) is 12.7. The van der Waals surface area contributed by atoms with Crippen LogP contribution in [-0.4, -0.2) is 22.1 Å². The van der Waals surface area contributed by atoms with Crippen LogP contribution in [0, 0.1) is 0 Å². The molecule has 108 valence electrons. The highest BCUT2D eigenvalue weighted by molar-refractivity contribution is 6.33. The van der Waals surface area contributed by atoms with Crippen molar-refractivity contribution in [3.63, 3.8) is 0 Å². The molecule has 1 aromatic carbocycles. The molecule has 0 spiro atoms. The fourth-order valence-electron chi connectivity index (χ4n) is 2.89. The molecular weight excluding hydrogens is 286 g/mol. The van der Waals surface area contributed by atoms with Crippen LogP contribution in [0.25, 0.3) is 0 Å². The highest BCUT2D eigenvalue weighted by Gasteiger charge is 2.35. The Morgan fingerprint density at radius 3 is 2.81 bits per heavy atom. The number of hydrogen-bond acceptors (Lipinski definition) is 4. The van der Waals surface area contributed by atoms with Gasteiger partial charge >= 0.3 is 0 Å². The average Bonchev–Trinajstić information content (AvgIpc) is 3.09. The van der Waals surface area contributed by atoms with Gasteiger partial charge in [0.15, 0.2) is 5.96 Å². The quantitative estimate of drug-likeness (QED) is 0.948. The number of anilines is 1. The van der Waals surface area contributed by atoms with Crippen molar-refractivity contribution in [2.24, 2.45) is 10.7 Å². The maximum absolute atomic E-state index is 6.34. The molecule has 1 fully saturated rings. The van der Waals surface area contributed by atoms with Gasteiger partial charge in [-0.15, -0.1) is 0 Å². The van der Waals surface area contributed by atoms with Crippen LogP contribution in [0.15, 0.2) is 41.8 Å². The summed E-state index contributed by atoms with van der Waals surface area (Å²) < 4.78 is 2.25. The fourth-order valence-corrected chi connectivity index (χ4v) is 3.12. The summed E-state index contributed by atoms with van der Waals surface area (Å²) in [5.41, 5.74) is 8.15. The van der Waals surface area contributed by atoms with Crippen LogP contribution in [0.4, 0.5) is 5.69 Å². The van der Waals surface area contributed by atoms with Gasteiger partial charge in [0.2, 0.25) is 0 Å². The Hall–Kier alpha value is -2.01. The largest absolute Gasteiger partial charge is 0.369 e. The van der Waals surface area contributed by atoms with Crippen molar-refractivity contribution in [1.29, 1.82) is 0 Å². The lowest BCUT2D eigenvalue weighted by molar-refractivity contribution is 0.632. The molecule has 1 aliphatic carbocycles. The van der Waals surface area contributed by atoms with Crippen LogP contribution in [0.1, 0.15) is 30.6 Å². The van der Waals surface area contributed by atoms with Gasteiger partial charge < -0.3 is 15.2 Å². The van der Waals surface area contributed by atoms with Gasteiger partial charge in [0.05, 0.1) is 41.5 Å². The number of nitrogens with zero attached hydrogens (tertiary/aromatic N) is 4. The Balaban J connectivity index is 1.75. The lowest BCUT2D eigenvalue weighted by atomic mass is 10.1. The molecule has 21 heavy (non-hydrogen) atoms. The molecule has 0 radical (unpaired) electrons. The predicted molar refractivity (Wildman–Crippen MR) is 83.7 cm³/mol. The van der Waals surface area contributed by atoms with Crippen LogP contribution in [0.3, 0.4) is 0 Å². The van der Waals surface area contributed by atoms with Gasteiger partial charge in [-0.2, -0.15) is 0 Å². The zero-order valence-corrected chi connectivity index (χ0v) is 12.2. The van der Waals surface area contributed by atoms with Gasteiger partial charge in [0.25, 0.3) is 0 Å². The standard InChI is InChI=1S/C15H16ClN5/c16-11-3-1-2-4-12(11)21-14(8-19-15(21)17)13-7-18-9-20(13)10-5-6-10/h1-4,7,9-10,14H,5-6,8H2,(H2,17,19). The second-order valence-electron chi connectivity index (χ2n) is 5.49.